The molecule has 12 heavy (non-hydrogen) atoms. The van der Waals surface area contributed by atoms with E-state index in [-0.39, 0.29) is 5.91 Å². The summed E-state index contributed by atoms with van der Waals surface area (Å²) in [5, 5.41) is 0. The Morgan fingerprint density at radius 2 is 2.25 bits per heavy atom. The maximum absolute atomic E-state index is 11.0. The molecule has 0 aromatic rings. The number of nitrogens with one attached hydrogen (secondary N) is 1. The Hall–Kier alpha value is -0.570. The van der Waals surface area contributed by atoms with Crippen molar-refractivity contribution >= 4 is 5.91 Å². The van der Waals surface area contributed by atoms with Gasteiger partial charge in [0.1, 0.15) is 0 Å². The Bertz CT molecular complexity index is 153. The summed E-state index contributed by atoms with van der Waals surface area (Å²) in [7, 11) is 0. The zero-order valence-electron chi connectivity index (χ0n) is 7.80. The Kier molecular flexibility index (Phi) is 3.53. The van der Waals surface area contributed by atoms with Crippen LogP contribution in [0.3, 0.4) is 0 Å². The van der Waals surface area contributed by atoms with Crippen molar-refractivity contribution < 1.29 is 9.63 Å². The van der Waals surface area contributed by atoms with Crippen molar-refractivity contribution in [3.05, 3.63) is 0 Å². The highest BCUT2D eigenvalue weighted by Gasteiger charge is 2.24. The van der Waals surface area contributed by atoms with Crippen LogP contribution in [0.5, 0.6) is 0 Å². The van der Waals surface area contributed by atoms with Crippen LogP contribution in [0.15, 0.2) is 0 Å². The fourth-order valence-electron chi connectivity index (χ4n) is 0.915. The second-order valence-electron chi connectivity index (χ2n) is 3.88. The van der Waals surface area contributed by atoms with E-state index in [4.69, 9.17) is 4.84 Å². The Morgan fingerprint density at radius 1 is 1.58 bits per heavy atom. The van der Waals surface area contributed by atoms with Crippen molar-refractivity contribution in [2.45, 2.75) is 33.1 Å². The number of hydroxylamine groups is 1. The molecule has 0 aromatic heterocycles. The van der Waals surface area contributed by atoms with E-state index >= 15 is 0 Å². The van der Waals surface area contributed by atoms with E-state index in [1.54, 1.807) is 0 Å². The van der Waals surface area contributed by atoms with Gasteiger partial charge in [0.2, 0.25) is 5.91 Å². The molecule has 70 valence electrons. The van der Waals surface area contributed by atoms with Gasteiger partial charge in [-0.25, -0.2) is 5.48 Å². The minimum Gasteiger partial charge on any atom is -0.273 e. The molecule has 0 aromatic carbocycles. The van der Waals surface area contributed by atoms with Crippen molar-refractivity contribution in [1.82, 2.24) is 5.48 Å². The Morgan fingerprint density at radius 3 is 2.75 bits per heavy atom. The lowest BCUT2D eigenvalue weighted by atomic mass is 10.2. The highest BCUT2D eigenvalue weighted by Crippen LogP contribution is 2.31. The van der Waals surface area contributed by atoms with E-state index in [9.17, 15) is 4.79 Å². The molecule has 3 nitrogen and oxygen atoms in total. The van der Waals surface area contributed by atoms with E-state index in [0.717, 1.165) is 0 Å². The third-order valence-corrected chi connectivity index (χ3v) is 1.77. The van der Waals surface area contributed by atoms with Crippen LogP contribution in [0, 0.1) is 11.8 Å². The number of hydrogen-bond acceptors (Lipinski definition) is 2. The minimum atomic E-state index is 0.0261. The molecular weight excluding hydrogens is 154 g/mol. The third-order valence-electron chi connectivity index (χ3n) is 1.77. The Labute approximate surface area is 73.4 Å². The van der Waals surface area contributed by atoms with Gasteiger partial charge in [-0.1, -0.05) is 13.8 Å². The molecule has 0 saturated heterocycles. The summed E-state index contributed by atoms with van der Waals surface area (Å²) in [6.07, 6.45) is 3.05. The summed E-state index contributed by atoms with van der Waals surface area (Å²) in [5.41, 5.74) is 2.45. The normalized spacial score (nSPS) is 16.6. The topological polar surface area (TPSA) is 38.3 Å². The van der Waals surface area contributed by atoms with Crippen LogP contribution in [0.25, 0.3) is 0 Å². The van der Waals surface area contributed by atoms with Crippen LogP contribution >= 0.6 is 0 Å². The van der Waals surface area contributed by atoms with E-state index in [1.807, 2.05) is 13.8 Å². The first-order valence-corrected chi connectivity index (χ1v) is 4.59. The van der Waals surface area contributed by atoms with E-state index in [0.29, 0.717) is 24.9 Å². The highest BCUT2D eigenvalue weighted by molar-refractivity contribution is 5.75. The average Bonchev–Trinajstić information content (AvgIpc) is 2.70. The molecule has 1 amide bonds. The van der Waals surface area contributed by atoms with Crippen LogP contribution in [0.2, 0.25) is 0 Å². The quantitative estimate of drug-likeness (QED) is 0.636. The van der Waals surface area contributed by atoms with Gasteiger partial charge in [0.15, 0.2) is 0 Å². The molecule has 0 aliphatic heterocycles. The molecular formula is C9H17NO2. The van der Waals surface area contributed by atoms with Crippen molar-refractivity contribution in [1.29, 1.82) is 0 Å². The number of hydrogen-bond donors (Lipinski definition) is 1. The summed E-state index contributed by atoms with van der Waals surface area (Å²) >= 11 is 0. The summed E-state index contributed by atoms with van der Waals surface area (Å²) in [6, 6.07) is 0. The molecule has 0 atom stereocenters. The molecule has 1 saturated carbocycles. The SMILES string of the molecule is CC(C)CONC(=O)CC1CC1. The Balaban J connectivity index is 1.94. The fraction of sp³-hybridized carbons (Fsp3) is 0.889. The van der Waals surface area contributed by atoms with Gasteiger partial charge in [-0.3, -0.25) is 9.63 Å². The second-order valence-corrected chi connectivity index (χ2v) is 3.88. The number of rotatable bonds is 5. The molecule has 1 fully saturated rings. The van der Waals surface area contributed by atoms with E-state index < -0.39 is 0 Å². The molecule has 1 aliphatic carbocycles. The van der Waals surface area contributed by atoms with Crippen LogP contribution in [0.4, 0.5) is 0 Å². The smallest absolute Gasteiger partial charge is 0.243 e. The first-order chi connectivity index (χ1) is 5.68. The van der Waals surface area contributed by atoms with Gasteiger partial charge in [0, 0.05) is 6.42 Å². The molecule has 0 spiro atoms. The van der Waals surface area contributed by atoms with Crippen LogP contribution in [-0.2, 0) is 9.63 Å². The minimum absolute atomic E-state index is 0.0261. The van der Waals surface area contributed by atoms with Gasteiger partial charge < -0.3 is 0 Å². The standard InChI is InChI=1S/C9H17NO2/c1-7(2)6-12-10-9(11)5-8-3-4-8/h7-8H,3-6H2,1-2H3,(H,10,11). The molecule has 0 radical (unpaired) electrons. The summed E-state index contributed by atoms with van der Waals surface area (Å²) < 4.78 is 0. The lowest BCUT2D eigenvalue weighted by Gasteiger charge is -2.06. The molecule has 0 unspecified atom stereocenters. The first-order valence-electron chi connectivity index (χ1n) is 4.59. The summed E-state index contributed by atoms with van der Waals surface area (Å²) in [6.45, 7) is 4.69. The van der Waals surface area contributed by atoms with Gasteiger partial charge in [-0.05, 0) is 24.7 Å². The molecule has 0 bridgehead atoms. The lowest BCUT2D eigenvalue weighted by Crippen LogP contribution is -2.25. The molecule has 3 heteroatoms. The van der Waals surface area contributed by atoms with Gasteiger partial charge in [-0.2, -0.15) is 0 Å². The molecule has 1 rings (SSSR count). The highest BCUT2D eigenvalue weighted by atomic mass is 16.6. The van der Waals surface area contributed by atoms with Crippen LogP contribution in [0.1, 0.15) is 33.1 Å². The lowest BCUT2D eigenvalue weighted by molar-refractivity contribution is -0.134. The van der Waals surface area contributed by atoms with Crippen LogP contribution in [-0.4, -0.2) is 12.5 Å². The zero-order valence-corrected chi connectivity index (χ0v) is 7.80. The predicted molar refractivity (Wildman–Crippen MR) is 46.3 cm³/mol. The maximum atomic E-state index is 11.0. The zero-order chi connectivity index (χ0) is 8.97. The number of carbonyl (C=O) groups excluding carboxylic acids is 1. The number of amides is 1. The van der Waals surface area contributed by atoms with Gasteiger partial charge >= 0.3 is 0 Å². The van der Waals surface area contributed by atoms with Crippen molar-refractivity contribution in [3.8, 4) is 0 Å². The van der Waals surface area contributed by atoms with E-state index in [1.165, 1.54) is 12.8 Å². The fourth-order valence-corrected chi connectivity index (χ4v) is 0.915. The molecule has 1 N–H and O–H groups in total. The largest absolute Gasteiger partial charge is 0.273 e. The predicted octanol–water partition coefficient (Wildman–Crippen LogP) is 1.49. The molecule has 0 heterocycles. The second kappa shape index (κ2) is 4.45. The van der Waals surface area contributed by atoms with Gasteiger partial charge in [0.25, 0.3) is 0 Å². The number of carbonyl (C=O) groups is 1. The first kappa shape index (κ1) is 9.52. The van der Waals surface area contributed by atoms with Crippen LogP contribution < -0.4 is 5.48 Å². The van der Waals surface area contributed by atoms with Crippen molar-refractivity contribution in [3.63, 3.8) is 0 Å². The maximum Gasteiger partial charge on any atom is 0.243 e. The monoisotopic (exact) mass is 171 g/mol. The van der Waals surface area contributed by atoms with Gasteiger partial charge in [-0.15, -0.1) is 0 Å². The third kappa shape index (κ3) is 4.34. The average molecular weight is 171 g/mol. The summed E-state index contributed by atoms with van der Waals surface area (Å²) in [5.74, 6) is 1.12. The van der Waals surface area contributed by atoms with Gasteiger partial charge in [0.05, 0.1) is 6.61 Å². The summed E-state index contributed by atoms with van der Waals surface area (Å²) in [4.78, 5) is 16.0. The van der Waals surface area contributed by atoms with Crippen molar-refractivity contribution in [2.24, 2.45) is 11.8 Å². The van der Waals surface area contributed by atoms with E-state index in [2.05, 4.69) is 5.48 Å². The molecule has 1 aliphatic rings. The van der Waals surface area contributed by atoms with Crippen molar-refractivity contribution in [2.75, 3.05) is 6.61 Å².